The summed E-state index contributed by atoms with van der Waals surface area (Å²) in [4.78, 5) is 34.9. The number of nitrogens with zero attached hydrogens (tertiary/aromatic N) is 3. The van der Waals surface area contributed by atoms with Crippen LogP contribution in [0.3, 0.4) is 0 Å². The summed E-state index contributed by atoms with van der Waals surface area (Å²) >= 11 is 0. The van der Waals surface area contributed by atoms with Crippen molar-refractivity contribution >= 4 is 11.8 Å². The van der Waals surface area contributed by atoms with Crippen LogP contribution >= 0.6 is 0 Å². The van der Waals surface area contributed by atoms with Crippen molar-refractivity contribution in [1.82, 2.24) is 20.2 Å². The molecule has 0 unspecified atom stereocenters. The molecule has 0 aliphatic carbocycles. The van der Waals surface area contributed by atoms with Gasteiger partial charge in [-0.15, -0.1) is 0 Å². The number of pyridine rings is 2. The molecule has 2 heterocycles. The molecule has 2 aromatic heterocycles. The number of hydrogen-bond acceptors (Lipinski definition) is 4. The first kappa shape index (κ1) is 20.2. The molecule has 29 heavy (non-hydrogen) atoms. The lowest BCUT2D eigenvalue weighted by molar-refractivity contribution is 0.0791. The van der Waals surface area contributed by atoms with Crippen LogP contribution in [-0.2, 0) is 13.0 Å². The van der Waals surface area contributed by atoms with Gasteiger partial charge in [0.05, 0.1) is 0 Å². The Kier molecular flexibility index (Phi) is 6.68. The highest BCUT2D eigenvalue weighted by molar-refractivity contribution is 5.98. The van der Waals surface area contributed by atoms with E-state index in [1.54, 1.807) is 30.4 Å². The molecule has 0 aliphatic heterocycles. The molecule has 1 aromatic carbocycles. The lowest BCUT2D eigenvalue weighted by Gasteiger charge is -2.17. The minimum Gasteiger partial charge on any atom is -0.348 e. The first-order valence-corrected chi connectivity index (χ1v) is 9.47. The highest BCUT2D eigenvalue weighted by Crippen LogP contribution is 2.08. The molecule has 0 spiro atoms. The zero-order chi connectivity index (χ0) is 20.6. The van der Waals surface area contributed by atoms with Crippen molar-refractivity contribution in [2.75, 3.05) is 13.6 Å². The summed E-state index contributed by atoms with van der Waals surface area (Å²) in [6.07, 6.45) is 5.68. The van der Waals surface area contributed by atoms with Crippen LogP contribution in [0, 0.1) is 6.92 Å². The quantitative estimate of drug-likeness (QED) is 0.675. The standard InChI is InChI=1S/C23H24N4O2/c1-17-4-3-5-19(14-17)16-26-22(28)20-8-12-25-21(15-20)23(29)27(2)13-9-18-6-10-24-11-7-18/h3-8,10-12,14-15H,9,13,16H2,1-2H3,(H,26,28). The third-order valence-electron chi connectivity index (χ3n) is 4.61. The number of benzene rings is 1. The van der Waals surface area contributed by atoms with Gasteiger partial charge in [0.15, 0.2) is 0 Å². The SMILES string of the molecule is Cc1cccc(CNC(=O)c2ccnc(C(=O)N(C)CCc3ccncc3)c2)c1. The van der Waals surface area contributed by atoms with Gasteiger partial charge in [-0.05, 0) is 48.7 Å². The molecule has 3 rings (SSSR count). The van der Waals surface area contributed by atoms with E-state index in [2.05, 4.69) is 15.3 Å². The summed E-state index contributed by atoms with van der Waals surface area (Å²) in [5.41, 5.74) is 3.95. The molecule has 148 valence electrons. The van der Waals surface area contributed by atoms with Crippen molar-refractivity contribution in [1.29, 1.82) is 0 Å². The van der Waals surface area contributed by atoms with Gasteiger partial charge in [-0.1, -0.05) is 29.8 Å². The van der Waals surface area contributed by atoms with Crippen molar-refractivity contribution in [3.8, 4) is 0 Å². The Labute approximate surface area is 170 Å². The van der Waals surface area contributed by atoms with Crippen molar-refractivity contribution in [3.63, 3.8) is 0 Å². The van der Waals surface area contributed by atoms with E-state index < -0.39 is 0 Å². The number of nitrogens with one attached hydrogen (secondary N) is 1. The fourth-order valence-corrected chi connectivity index (χ4v) is 2.94. The van der Waals surface area contributed by atoms with Gasteiger partial charge in [-0.3, -0.25) is 19.6 Å². The van der Waals surface area contributed by atoms with Crippen LogP contribution in [-0.4, -0.2) is 40.3 Å². The molecule has 0 radical (unpaired) electrons. The largest absolute Gasteiger partial charge is 0.348 e. The van der Waals surface area contributed by atoms with Gasteiger partial charge in [0.1, 0.15) is 5.69 Å². The van der Waals surface area contributed by atoms with E-state index in [1.807, 2.05) is 43.3 Å². The maximum absolute atomic E-state index is 12.7. The van der Waals surface area contributed by atoms with Crippen LogP contribution < -0.4 is 5.32 Å². The molecule has 0 bridgehead atoms. The van der Waals surface area contributed by atoms with Crippen molar-refractivity contribution in [2.24, 2.45) is 0 Å². The van der Waals surface area contributed by atoms with Crippen molar-refractivity contribution < 1.29 is 9.59 Å². The van der Waals surface area contributed by atoms with Gasteiger partial charge in [0, 0.05) is 44.3 Å². The maximum Gasteiger partial charge on any atom is 0.272 e. The van der Waals surface area contributed by atoms with E-state index in [1.165, 1.54) is 12.3 Å². The predicted octanol–water partition coefficient (Wildman–Crippen LogP) is 3.03. The Morgan fingerprint density at radius 3 is 2.55 bits per heavy atom. The number of rotatable bonds is 7. The van der Waals surface area contributed by atoms with Crippen LogP contribution in [0.2, 0.25) is 0 Å². The molecule has 1 N–H and O–H groups in total. The molecular formula is C23H24N4O2. The second kappa shape index (κ2) is 9.59. The summed E-state index contributed by atoms with van der Waals surface area (Å²) in [6.45, 7) is 2.99. The molecular weight excluding hydrogens is 364 g/mol. The third-order valence-corrected chi connectivity index (χ3v) is 4.61. The van der Waals surface area contributed by atoms with E-state index in [0.717, 1.165) is 23.1 Å². The number of likely N-dealkylation sites (N-methyl/N-ethyl adjacent to an activating group) is 1. The van der Waals surface area contributed by atoms with Gasteiger partial charge in [0.2, 0.25) is 0 Å². The minimum atomic E-state index is -0.234. The van der Waals surface area contributed by atoms with E-state index >= 15 is 0 Å². The van der Waals surface area contributed by atoms with E-state index in [-0.39, 0.29) is 17.5 Å². The van der Waals surface area contributed by atoms with Crippen LogP contribution in [0.5, 0.6) is 0 Å². The summed E-state index contributed by atoms with van der Waals surface area (Å²) in [7, 11) is 1.73. The van der Waals surface area contributed by atoms with E-state index in [4.69, 9.17) is 0 Å². The van der Waals surface area contributed by atoms with E-state index in [9.17, 15) is 9.59 Å². The van der Waals surface area contributed by atoms with Gasteiger partial charge in [-0.2, -0.15) is 0 Å². The summed E-state index contributed by atoms with van der Waals surface area (Å²) in [5.74, 6) is -0.449. The fourth-order valence-electron chi connectivity index (χ4n) is 2.94. The smallest absolute Gasteiger partial charge is 0.272 e. The van der Waals surface area contributed by atoms with Crippen LogP contribution in [0.25, 0.3) is 0 Å². The van der Waals surface area contributed by atoms with Gasteiger partial charge >= 0.3 is 0 Å². The summed E-state index contributed by atoms with van der Waals surface area (Å²) in [5, 5.41) is 2.89. The average molecular weight is 388 g/mol. The molecule has 6 heteroatoms. The Morgan fingerprint density at radius 2 is 1.79 bits per heavy atom. The molecule has 0 fully saturated rings. The average Bonchev–Trinajstić information content (AvgIpc) is 2.76. The topological polar surface area (TPSA) is 75.2 Å². The number of amides is 2. The molecule has 3 aromatic rings. The first-order valence-electron chi connectivity index (χ1n) is 9.47. The van der Waals surface area contributed by atoms with Gasteiger partial charge in [0.25, 0.3) is 11.8 Å². The predicted molar refractivity (Wildman–Crippen MR) is 111 cm³/mol. The number of aromatic nitrogens is 2. The van der Waals surface area contributed by atoms with Crippen LogP contribution in [0.1, 0.15) is 37.5 Å². The molecule has 0 saturated heterocycles. The monoisotopic (exact) mass is 388 g/mol. The van der Waals surface area contributed by atoms with Crippen molar-refractivity contribution in [3.05, 3.63) is 95.1 Å². The summed E-state index contributed by atoms with van der Waals surface area (Å²) in [6, 6.07) is 15.0. The maximum atomic E-state index is 12.7. The lowest BCUT2D eigenvalue weighted by Crippen LogP contribution is -2.30. The van der Waals surface area contributed by atoms with E-state index in [0.29, 0.717) is 18.7 Å². The molecule has 0 aliphatic rings. The fraction of sp³-hybridized carbons (Fsp3) is 0.217. The first-order chi connectivity index (χ1) is 14.0. The minimum absolute atomic E-state index is 0.215. The number of hydrogen-bond donors (Lipinski definition) is 1. The third kappa shape index (κ3) is 5.72. The normalized spacial score (nSPS) is 10.4. The number of carbonyl (C=O) groups excluding carboxylic acids is 2. The number of carbonyl (C=O) groups is 2. The zero-order valence-corrected chi connectivity index (χ0v) is 16.6. The van der Waals surface area contributed by atoms with Crippen LogP contribution in [0.4, 0.5) is 0 Å². The van der Waals surface area contributed by atoms with Gasteiger partial charge in [-0.25, -0.2) is 0 Å². The highest BCUT2D eigenvalue weighted by Gasteiger charge is 2.15. The molecule has 0 saturated carbocycles. The highest BCUT2D eigenvalue weighted by atomic mass is 16.2. The molecule has 2 amide bonds. The van der Waals surface area contributed by atoms with Crippen molar-refractivity contribution in [2.45, 2.75) is 19.9 Å². The second-order valence-electron chi connectivity index (χ2n) is 6.93. The second-order valence-corrected chi connectivity index (χ2v) is 6.93. The number of aryl methyl sites for hydroxylation is 1. The Hall–Kier alpha value is -3.54. The summed E-state index contributed by atoms with van der Waals surface area (Å²) < 4.78 is 0. The lowest BCUT2D eigenvalue weighted by atomic mass is 10.1. The Balaban J connectivity index is 1.60. The molecule has 6 nitrogen and oxygen atoms in total. The zero-order valence-electron chi connectivity index (χ0n) is 16.6. The Bertz CT molecular complexity index is 989. The van der Waals surface area contributed by atoms with Gasteiger partial charge < -0.3 is 10.2 Å². The van der Waals surface area contributed by atoms with Crippen LogP contribution in [0.15, 0.2) is 67.1 Å². The Morgan fingerprint density at radius 1 is 1.00 bits per heavy atom. The molecule has 0 atom stereocenters.